The highest BCUT2D eigenvalue weighted by Crippen LogP contribution is 2.19. The maximum atomic E-state index is 8.47. The third-order valence-electron chi connectivity index (χ3n) is 1.43. The molecule has 1 aromatic carbocycles. The second-order valence-electron chi connectivity index (χ2n) is 2.34. The molecule has 0 saturated heterocycles. The van der Waals surface area contributed by atoms with Crippen LogP contribution in [0.2, 0.25) is 10.0 Å². The lowest BCUT2D eigenvalue weighted by Crippen LogP contribution is -1.93. The van der Waals surface area contributed by atoms with Gasteiger partial charge in [0.2, 0.25) is 0 Å². The van der Waals surface area contributed by atoms with Crippen LogP contribution in [-0.2, 0) is 0 Å². The van der Waals surface area contributed by atoms with Crippen molar-refractivity contribution in [3.05, 3.63) is 33.8 Å². The third-order valence-corrected chi connectivity index (χ3v) is 1.87. The van der Waals surface area contributed by atoms with Crippen molar-refractivity contribution in [1.29, 1.82) is 0 Å². The predicted octanol–water partition coefficient (Wildman–Crippen LogP) is 3.19. The van der Waals surface area contributed by atoms with E-state index in [1.165, 1.54) is 0 Å². The van der Waals surface area contributed by atoms with E-state index in [-0.39, 0.29) is 0 Å². The number of hydrogen-bond donors (Lipinski definition) is 1. The summed E-state index contributed by atoms with van der Waals surface area (Å²) in [5.41, 5.74) is 1.20. The summed E-state index contributed by atoms with van der Waals surface area (Å²) in [7, 11) is 0. The first kappa shape index (κ1) is 9.36. The van der Waals surface area contributed by atoms with Gasteiger partial charge >= 0.3 is 0 Å². The highest BCUT2D eigenvalue weighted by molar-refractivity contribution is 6.35. The van der Waals surface area contributed by atoms with E-state index in [1.54, 1.807) is 25.1 Å². The van der Waals surface area contributed by atoms with Crippen LogP contribution in [0.25, 0.3) is 0 Å². The van der Waals surface area contributed by atoms with E-state index in [9.17, 15) is 0 Å². The first-order valence-corrected chi connectivity index (χ1v) is 4.04. The fourth-order valence-electron chi connectivity index (χ4n) is 0.820. The van der Waals surface area contributed by atoms with Gasteiger partial charge < -0.3 is 5.21 Å². The molecule has 12 heavy (non-hydrogen) atoms. The number of rotatable bonds is 1. The summed E-state index contributed by atoms with van der Waals surface area (Å²) < 4.78 is 0. The summed E-state index contributed by atoms with van der Waals surface area (Å²) >= 11 is 11.5. The molecule has 0 radical (unpaired) electrons. The lowest BCUT2D eigenvalue weighted by molar-refractivity contribution is 0.319. The number of halogens is 2. The van der Waals surface area contributed by atoms with Gasteiger partial charge in [-0.3, -0.25) is 0 Å². The van der Waals surface area contributed by atoms with Crippen molar-refractivity contribution in [2.75, 3.05) is 0 Å². The molecule has 0 saturated carbocycles. The van der Waals surface area contributed by atoms with Crippen LogP contribution >= 0.6 is 23.2 Å². The van der Waals surface area contributed by atoms with Gasteiger partial charge in [0, 0.05) is 15.6 Å². The molecule has 0 aliphatic heterocycles. The predicted molar refractivity (Wildman–Crippen MR) is 50.5 cm³/mol. The molecule has 0 fully saturated rings. The molecule has 0 heterocycles. The van der Waals surface area contributed by atoms with Crippen LogP contribution in [0, 0.1) is 0 Å². The van der Waals surface area contributed by atoms with E-state index >= 15 is 0 Å². The van der Waals surface area contributed by atoms with Gasteiger partial charge in [0.1, 0.15) is 0 Å². The lowest BCUT2D eigenvalue weighted by atomic mass is 10.1. The van der Waals surface area contributed by atoms with Crippen molar-refractivity contribution in [2.24, 2.45) is 5.16 Å². The quantitative estimate of drug-likeness (QED) is 0.425. The van der Waals surface area contributed by atoms with Crippen molar-refractivity contribution in [1.82, 2.24) is 0 Å². The van der Waals surface area contributed by atoms with Gasteiger partial charge in [-0.15, -0.1) is 0 Å². The molecule has 0 amide bonds. The Balaban J connectivity index is 3.17. The van der Waals surface area contributed by atoms with Crippen molar-refractivity contribution >= 4 is 28.9 Å². The molecule has 0 unspecified atom stereocenters. The molecule has 64 valence electrons. The Morgan fingerprint density at radius 3 is 2.17 bits per heavy atom. The van der Waals surface area contributed by atoms with Crippen molar-refractivity contribution < 1.29 is 5.21 Å². The van der Waals surface area contributed by atoms with E-state index in [0.29, 0.717) is 15.8 Å². The fraction of sp³-hybridized carbons (Fsp3) is 0.125. The van der Waals surface area contributed by atoms with Gasteiger partial charge in [0.15, 0.2) is 0 Å². The molecule has 0 bridgehead atoms. The third kappa shape index (κ3) is 2.13. The minimum Gasteiger partial charge on any atom is -0.411 e. The molecule has 0 atom stereocenters. The van der Waals surface area contributed by atoms with E-state index in [1.807, 2.05) is 0 Å². The molecule has 1 aromatic rings. The van der Waals surface area contributed by atoms with E-state index < -0.39 is 0 Å². The van der Waals surface area contributed by atoms with E-state index in [0.717, 1.165) is 5.56 Å². The molecular weight excluding hydrogens is 197 g/mol. The Bertz CT molecular complexity index is 303. The molecular formula is C8H7Cl2NO. The van der Waals surface area contributed by atoms with Gasteiger partial charge in [-0.2, -0.15) is 0 Å². The first-order chi connectivity index (χ1) is 5.63. The summed E-state index contributed by atoms with van der Waals surface area (Å²) in [6.07, 6.45) is 0. The van der Waals surface area contributed by atoms with Crippen LogP contribution in [0.4, 0.5) is 0 Å². The largest absolute Gasteiger partial charge is 0.411 e. The molecule has 1 N–H and O–H groups in total. The highest BCUT2D eigenvalue weighted by Gasteiger charge is 2.00. The van der Waals surface area contributed by atoms with Crippen molar-refractivity contribution in [3.8, 4) is 0 Å². The molecule has 2 nitrogen and oxygen atoms in total. The van der Waals surface area contributed by atoms with Gasteiger partial charge in [-0.1, -0.05) is 28.4 Å². The van der Waals surface area contributed by atoms with Crippen LogP contribution < -0.4 is 0 Å². The minimum atomic E-state index is 0.486. The Morgan fingerprint density at radius 2 is 1.75 bits per heavy atom. The Kier molecular flexibility index (Phi) is 2.95. The monoisotopic (exact) mass is 203 g/mol. The van der Waals surface area contributed by atoms with Crippen LogP contribution in [-0.4, -0.2) is 10.9 Å². The van der Waals surface area contributed by atoms with E-state index in [4.69, 9.17) is 28.4 Å². The normalized spacial score (nSPS) is 11.8. The van der Waals surface area contributed by atoms with Gasteiger partial charge in [-0.05, 0) is 25.1 Å². The average molecular weight is 204 g/mol. The standard InChI is InChI=1S/C8H7Cl2NO/c1-5(11-12)6-2-7(9)4-8(10)3-6/h2-4,12H,1H3. The zero-order valence-electron chi connectivity index (χ0n) is 6.38. The summed E-state index contributed by atoms with van der Waals surface area (Å²) in [4.78, 5) is 0. The van der Waals surface area contributed by atoms with Gasteiger partial charge in [-0.25, -0.2) is 0 Å². The Morgan fingerprint density at radius 1 is 1.25 bits per heavy atom. The van der Waals surface area contributed by atoms with E-state index in [2.05, 4.69) is 5.16 Å². The number of benzene rings is 1. The second-order valence-corrected chi connectivity index (χ2v) is 3.22. The van der Waals surface area contributed by atoms with Crippen molar-refractivity contribution in [3.63, 3.8) is 0 Å². The smallest absolute Gasteiger partial charge is 0.0837 e. The number of oxime groups is 1. The molecule has 4 heteroatoms. The van der Waals surface area contributed by atoms with Crippen LogP contribution in [0.15, 0.2) is 23.4 Å². The van der Waals surface area contributed by atoms with Gasteiger partial charge in [0.05, 0.1) is 5.71 Å². The topological polar surface area (TPSA) is 32.6 Å². The average Bonchev–Trinajstić information content (AvgIpc) is 2.01. The van der Waals surface area contributed by atoms with Crippen LogP contribution in [0.1, 0.15) is 12.5 Å². The summed E-state index contributed by atoms with van der Waals surface area (Å²) in [6, 6.07) is 4.99. The minimum absolute atomic E-state index is 0.486. The molecule has 0 spiro atoms. The Hall–Kier alpha value is -0.730. The van der Waals surface area contributed by atoms with Crippen LogP contribution in [0.5, 0.6) is 0 Å². The summed E-state index contributed by atoms with van der Waals surface area (Å²) in [6.45, 7) is 1.67. The summed E-state index contributed by atoms with van der Waals surface area (Å²) in [5, 5.41) is 12.6. The summed E-state index contributed by atoms with van der Waals surface area (Å²) in [5.74, 6) is 0. The maximum absolute atomic E-state index is 8.47. The number of nitrogens with zero attached hydrogens (tertiary/aromatic N) is 1. The molecule has 0 aliphatic carbocycles. The zero-order valence-corrected chi connectivity index (χ0v) is 7.89. The zero-order chi connectivity index (χ0) is 9.14. The highest BCUT2D eigenvalue weighted by atomic mass is 35.5. The molecule has 0 aromatic heterocycles. The van der Waals surface area contributed by atoms with Crippen LogP contribution in [0.3, 0.4) is 0 Å². The molecule has 0 aliphatic rings. The molecule has 1 rings (SSSR count). The fourth-order valence-corrected chi connectivity index (χ4v) is 1.35. The maximum Gasteiger partial charge on any atom is 0.0837 e. The lowest BCUT2D eigenvalue weighted by Gasteiger charge is -1.99. The first-order valence-electron chi connectivity index (χ1n) is 3.28. The SMILES string of the molecule is CC(=NO)c1cc(Cl)cc(Cl)c1. The van der Waals surface area contributed by atoms with Gasteiger partial charge in [0.25, 0.3) is 0 Å². The number of hydrogen-bond acceptors (Lipinski definition) is 2. The van der Waals surface area contributed by atoms with Crippen molar-refractivity contribution in [2.45, 2.75) is 6.92 Å². The second kappa shape index (κ2) is 3.78. The Labute approximate surface area is 80.4 Å².